The predicted molar refractivity (Wildman–Crippen MR) is 92.4 cm³/mol. The Morgan fingerprint density at radius 3 is 2.91 bits per heavy atom. The van der Waals surface area contributed by atoms with Gasteiger partial charge in [-0.05, 0) is 61.3 Å². The maximum Gasteiger partial charge on any atom is 0.124 e. The number of nitrogens with zero attached hydrogens (tertiary/aromatic N) is 1. The van der Waals surface area contributed by atoms with E-state index in [4.69, 9.17) is 4.74 Å². The lowest BCUT2D eigenvalue weighted by molar-refractivity contribution is 0.161. The van der Waals surface area contributed by atoms with E-state index in [0.717, 1.165) is 38.1 Å². The fourth-order valence-electron chi connectivity index (χ4n) is 3.27. The van der Waals surface area contributed by atoms with Gasteiger partial charge in [-0.15, -0.1) is 11.8 Å². The fraction of sp³-hybridized carbons (Fsp3) is 0.389. The lowest BCUT2D eigenvalue weighted by atomic mass is 10.00. The molecule has 1 fully saturated rings. The van der Waals surface area contributed by atoms with Crippen LogP contribution in [0.15, 0.2) is 42.1 Å². The van der Waals surface area contributed by atoms with Crippen LogP contribution in [0.25, 0.3) is 10.8 Å². The predicted octanol–water partition coefficient (Wildman–Crippen LogP) is 4.06. The zero-order valence-corrected chi connectivity index (χ0v) is 13.3. The van der Waals surface area contributed by atoms with Gasteiger partial charge in [0.25, 0.3) is 0 Å². The van der Waals surface area contributed by atoms with Crippen LogP contribution in [0.3, 0.4) is 0 Å². The molecule has 0 spiro atoms. The van der Waals surface area contributed by atoms with E-state index in [0.29, 0.717) is 11.4 Å². The van der Waals surface area contributed by atoms with E-state index in [-0.39, 0.29) is 0 Å². The normalized spacial score (nSPS) is 22.3. The molecule has 0 radical (unpaired) electrons. The molecule has 0 bridgehead atoms. The minimum absolute atomic E-state index is 0.332. The topological polar surface area (TPSA) is 34.1 Å². The summed E-state index contributed by atoms with van der Waals surface area (Å²) < 4.78 is 6.41. The summed E-state index contributed by atoms with van der Waals surface area (Å²) in [6, 6.07) is 6.40. The average molecular weight is 312 g/mol. The van der Waals surface area contributed by atoms with Gasteiger partial charge in [0.05, 0.1) is 0 Å². The van der Waals surface area contributed by atoms with Crippen molar-refractivity contribution in [1.29, 1.82) is 0 Å². The third-order valence-corrected chi connectivity index (χ3v) is 5.52. The first-order valence-corrected chi connectivity index (χ1v) is 8.90. The van der Waals surface area contributed by atoms with Crippen LogP contribution in [0.4, 0.5) is 0 Å². The van der Waals surface area contributed by atoms with Crippen LogP contribution in [0.1, 0.15) is 30.1 Å². The number of hydrogen-bond donors (Lipinski definition) is 1. The van der Waals surface area contributed by atoms with E-state index in [1.165, 1.54) is 16.3 Å². The minimum Gasteiger partial charge on any atom is -0.490 e. The Balaban J connectivity index is 1.74. The first kappa shape index (κ1) is 14.1. The summed E-state index contributed by atoms with van der Waals surface area (Å²) in [4.78, 5) is 4.25. The summed E-state index contributed by atoms with van der Waals surface area (Å²) in [5.74, 6) is 1.06. The second kappa shape index (κ2) is 6.31. The molecule has 1 aromatic heterocycles. The third kappa shape index (κ3) is 2.73. The average Bonchev–Trinajstić information content (AvgIpc) is 3.10. The number of aromatic nitrogens is 1. The summed E-state index contributed by atoms with van der Waals surface area (Å²) in [5, 5.41) is 8.54. The number of benzene rings is 1. The molecule has 0 amide bonds. The van der Waals surface area contributed by atoms with Gasteiger partial charge in [0, 0.05) is 28.6 Å². The molecule has 0 aliphatic carbocycles. The van der Waals surface area contributed by atoms with Crippen LogP contribution >= 0.6 is 11.8 Å². The summed E-state index contributed by atoms with van der Waals surface area (Å²) in [7, 11) is 0. The number of thioether (sulfide) groups is 1. The van der Waals surface area contributed by atoms with E-state index in [1.54, 1.807) is 0 Å². The van der Waals surface area contributed by atoms with E-state index >= 15 is 0 Å². The molecule has 22 heavy (non-hydrogen) atoms. The number of ether oxygens (including phenoxy) is 1. The molecule has 4 heteroatoms. The highest BCUT2D eigenvalue weighted by Gasteiger charge is 2.23. The van der Waals surface area contributed by atoms with E-state index in [2.05, 4.69) is 40.0 Å². The zero-order valence-electron chi connectivity index (χ0n) is 12.5. The minimum atomic E-state index is 0.332. The van der Waals surface area contributed by atoms with Crippen molar-refractivity contribution in [3.8, 4) is 5.75 Å². The number of piperidine rings is 1. The largest absolute Gasteiger partial charge is 0.490 e. The second-order valence-electron chi connectivity index (χ2n) is 5.87. The standard InChI is InChI=1S/C18H20N2OS/c1-2-17(22-11-1)18-15-7-10-20-12-13(15)3-4-16(18)21-14-5-8-19-9-6-14/h1,3-4,7,10-12,14,17,19H,2,5-6,8-9H2. The molecule has 4 rings (SSSR count). The lowest BCUT2D eigenvalue weighted by Crippen LogP contribution is -2.34. The van der Waals surface area contributed by atoms with Gasteiger partial charge in [0.1, 0.15) is 11.9 Å². The highest BCUT2D eigenvalue weighted by Crippen LogP contribution is 2.45. The van der Waals surface area contributed by atoms with E-state index < -0.39 is 0 Å². The smallest absolute Gasteiger partial charge is 0.124 e. The maximum absolute atomic E-state index is 6.41. The van der Waals surface area contributed by atoms with Crippen molar-refractivity contribution in [3.05, 3.63) is 47.6 Å². The summed E-state index contributed by atoms with van der Waals surface area (Å²) >= 11 is 1.89. The van der Waals surface area contributed by atoms with Gasteiger partial charge in [-0.1, -0.05) is 6.08 Å². The molecule has 1 saturated heterocycles. The molecular weight excluding hydrogens is 292 g/mol. The molecule has 1 aromatic carbocycles. The highest BCUT2D eigenvalue weighted by molar-refractivity contribution is 8.02. The van der Waals surface area contributed by atoms with Crippen LogP contribution in [-0.4, -0.2) is 24.2 Å². The molecule has 2 aliphatic rings. The monoisotopic (exact) mass is 312 g/mol. The van der Waals surface area contributed by atoms with Gasteiger partial charge in [0.15, 0.2) is 0 Å². The van der Waals surface area contributed by atoms with Gasteiger partial charge < -0.3 is 10.1 Å². The van der Waals surface area contributed by atoms with E-state index in [1.807, 2.05) is 24.2 Å². The summed E-state index contributed by atoms with van der Waals surface area (Å²) in [5.41, 5.74) is 1.34. The Morgan fingerprint density at radius 1 is 1.18 bits per heavy atom. The Labute approximate surface area is 135 Å². The maximum atomic E-state index is 6.41. The molecule has 3 heterocycles. The number of pyridine rings is 1. The number of allylic oxidation sites excluding steroid dienone is 1. The lowest BCUT2D eigenvalue weighted by Gasteiger charge is -2.26. The third-order valence-electron chi connectivity index (χ3n) is 4.41. The number of fused-ring (bicyclic) bond motifs is 1. The second-order valence-corrected chi connectivity index (χ2v) is 6.99. The van der Waals surface area contributed by atoms with Crippen molar-refractivity contribution in [2.45, 2.75) is 30.6 Å². The Morgan fingerprint density at radius 2 is 2.09 bits per heavy atom. The van der Waals surface area contributed by atoms with Crippen molar-refractivity contribution in [2.75, 3.05) is 13.1 Å². The van der Waals surface area contributed by atoms with Crippen molar-refractivity contribution in [1.82, 2.24) is 10.3 Å². The number of nitrogens with one attached hydrogen (secondary N) is 1. The van der Waals surface area contributed by atoms with Gasteiger partial charge in [-0.3, -0.25) is 4.98 Å². The van der Waals surface area contributed by atoms with Crippen LogP contribution in [0, 0.1) is 0 Å². The SMILES string of the molecule is C1=CSC(c2c(OC3CCNCC3)ccc3cnccc23)C1. The van der Waals surface area contributed by atoms with Gasteiger partial charge >= 0.3 is 0 Å². The van der Waals surface area contributed by atoms with E-state index in [9.17, 15) is 0 Å². The highest BCUT2D eigenvalue weighted by atomic mass is 32.2. The van der Waals surface area contributed by atoms with Gasteiger partial charge in [0.2, 0.25) is 0 Å². The molecule has 3 nitrogen and oxygen atoms in total. The Bertz CT molecular complexity index is 687. The first-order chi connectivity index (χ1) is 10.9. The van der Waals surface area contributed by atoms with Crippen molar-refractivity contribution in [3.63, 3.8) is 0 Å². The molecule has 1 N–H and O–H groups in total. The van der Waals surface area contributed by atoms with Crippen LogP contribution < -0.4 is 10.1 Å². The molecule has 1 atom stereocenters. The van der Waals surface area contributed by atoms with Crippen LogP contribution in [-0.2, 0) is 0 Å². The van der Waals surface area contributed by atoms with Gasteiger partial charge in [-0.25, -0.2) is 0 Å². The van der Waals surface area contributed by atoms with Crippen molar-refractivity contribution < 1.29 is 4.74 Å². The van der Waals surface area contributed by atoms with Crippen molar-refractivity contribution >= 4 is 22.5 Å². The number of rotatable bonds is 3. The Hall–Kier alpha value is -1.52. The Kier molecular flexibility index (Phi) is 4.04. The molecule has 1 unspecified atom stereocenters. The van der Waals surface area contributed by atoms with Crippen LogP contribution in [0.5, 0.6) is 5.75 Å². The zero-order chi connectivity index (χ0) is 14.8. The quantitative estimate of drug-likeness (QED) is 0.927. The molecule has 114 valence electrons. The first-order valence-electron chi connectivity index (χ1n) is 7.96. The molecule has 0 saturated carbocycles. The summed E-state index contributed by atoms with van der Waals surface area (Å²) in [6.45, 7) is 2.11. The van der Waals surface area contributed by atoms with Crippen LogP contribution in [0.2, 0.25) is 0 Å². The fourth-order valence-corrected chi connectivity index (χ4v) is 4.28. The van der Waals surface area contributed by atoms with Crippen molar-refractivity contribution in [2.24, 2.45) is 0 Å². The number of hydrogen-bond acceptors (Lipinski definition) is 4. The summed E-state index contributed by atoms with van der Waals surface area (Å²) in [6.07, 6.45) is 9.66. The van der Waals surface area contributed by atoms with Gasteiger partial charge in [-0.2, -0.15) is 0 Å². The molecule has 2 aromatic rings. The molecule has 2 aliphatic heterocycles. The molecular formula is C18H20N2OS.